The number of methoxy groups -OCH3 is 1. The highest BCUT2D eigenvalue weighted by atomic mass is 16.5. The molecule has 1 aliphatic rings. The molecule has 0 saturated heterocycles. The maximum Gasteiger partial charge on any atom is 0.337 e. The SMILES string of the molecule is CCO/C(=C/c1ccc(C(=O)OC)cc1)c1ccc2c(c1)C(C)(C)CCC2(C)C. The molecule has 0 fully saturated rings. The van der Waals surface area contributed by atoms with Gasteiger partial charge in [0.15, 0.2) is 0 Å². The minimum atomic E-state index is -0.329. The van der Waals surface area contributed by atoms with Crippen molar-refractivity contribution in [1.29, 1.82) is 0 Å². The molecule has 2 aromatic rings. The Bertz CT molecular complexity index is 917. The van der Waals surface area contributed by atoms with Crippen LogP contribution in [0.3, 0.4) is 0 Å². The number of hydrogen-bond donors (Lipinski definition) is 0. The first-order valence-electron chi connectivity index (χ1n) is 10.4. The lowest BCUT2D eigenvalue weighted by Gasteiger charge is -2.42. The van der Waals surface area contributed by atoms with Crippen LogP contribution >= 0.6 is 0 Å². The van der Waals surface area contributed by atoms with Gasteiger partial charge in [0.05, 0.1) is 19.3 Å². The van der Waals surface area contributed by atoms with Gasteiger partial charge < -0.3 is 9.47 Å². The van der Waals surface area contributed by atoms with Crippen molar-refractivity contribution in [1.82, 2.24) is 0 Å². The molecular formula is C26H32O3. The molecule has 0 aromatic heterocycles. The summed E-state index contributed by atoms with van der Waals surface area (Å²) in [4.78, 5) is 11.7. The van der Waals surface area contributed by atoms with E-state index in [0.29, 0.717) is 12.2 Å². The molecule has 2 aromatic carbocycles. The molecule has 0 N–H and O–H groups in total. The highest BCUT2D eigenvalue weighted by Crippen LogP contribution is 2.46. The second kappa shape index (κ2) is 8.06. The van der Waals surface area contributed by atoms with Crippen LogP contribution in [0, 0.1) is 0 Å². The smallest absolute Gasteiger partial charge is 0.337 e. The average molecular weight is 393 g/mol. The van der Waals surface area contributed by atoms with Gasteiger partial charge in [0.1, 0.15) is 5.76 Å². The van der Waals surface area contributed by atoms with Crippen LogP contribution in [-0.2, 0) is 20.3 Å². The van der Waals surface area contributed by atoms with Crippen LogP contribution in [0.5, 0.6) is 0 Å². The van der Waals surface area contributed by atoms with Crippen molar-refractivity contribution < 1.29 is 14.3 Å². The van der Waals surface area contributed by atoms with E-state index in [-0.39, 0.29) is 16.8 Å². The van der Waals surface area contributed by atoms with Crippen LogP contribution in [-0.4, -0.2) is 19.7 Å². The van der Waals surface area contributed by atoms with E-state index >= 15 is 0 Å². The van der Waals surface area contributed by atoms with Crippen LogP contribution in [0.25, 0.3) is 11.8 Å². The highest BCUT2D eigenvalue weighted by molar-refractivity contribution is 5.90. The van der Waals surface area contributed by atoms with E-state index < -0.39 is 0 Å². The molecule has 0 bridgehead atoms. The quantitative estimate of drug-likeness (QED) is 0.337. The Labute approximate surface area is 174 Å². The van der Waals surface area contributed by atoms with E-state index in [1.165, 1.54) is 31.1 Å². The van der Waals surface area contributed by atoms with Gasteiger partial charge in [0.25, 0.3) is 0 Å². The number of hydrogen-bond acceptors (Lipinski definition) is 3. The Hall–Kier alpha value is -2.55. The van der Waals surface area contributed by atoms with E-state index in [1.54, 1.807) is 12.1 Å². The lowest BCUT2D eigenvalue weighted by molar-refractivity contribution is 0.0600. The number of ether oxygens (including phenoxy) is 2. The van der Waals surface area contributed by atoms with E-state index in [2.05, 4.69) is 45.9 Å². The lowest BCUT2D eigenvalue weighted by Crippen LogP contribution is -2.33. The van der Waals surface area contributed by atoms with Gasteiger partial charge in [-0.2, -0.15) is 0 Å². The summed E-state index contributed by atoms with van der Waals surface area (Å²) in [6, 6.07) is 14.1. The van der Waals surface area contributed by atoms with Crippen LogP contribution in [0.2, 0.25) is 0 Å². The summed E-state index contributed by atoms with van der Waals surface area (Å²) in [6.07, 6.45) is 4.42. The molecule has 3 heteroatoms. The fourth-order valence-electron chi connectivity index (χ4n) is 4.09. The molecule has 0 aliphatic heterocycles. The Morgan fingerprint density at radius 1 is 0.931 bits per heavy atom. The third kappa shape index (κ3) is 4.39. The normalized spacial score (nSPS) is 17.4. The Balaban J connectivity index is 2.02. The minimum absolute atomic E-state index is 0.153. The predicted octanol–water partition coefficient (Wildman–Crippen LogP) is 6.36. The van der Waals surface area contributed by atoms with Crippen LogP contribution in [0.15, 0.2) is 42.5 Å². The molecule has 3 nitrogen and oxygen atoms in total. The van der Waals surface area contributed by atoms with Crippen molar-refractivity contribution in [2.45, 2.75) is 58.3 Å². The Morgan fingerprint density at radius 3 is 2.10 bits per heavy atom. The summed E-state index contributed by atoms with van der Waals surface area (Å²) < 4.78 is 10.8. The topological polar surface area (TPSA) is 35.5 Å². The zero-order chi connectivity index (χ0) is 21.2. The van der Waals surface area contributed by atoms with Gasteiger partial charge in [0.2, 0.25) is 0 Å². The molecule has 0 saturated carbocycles. The van der Waals surface area contributed by atoms with Gasteiger partial charge in [-0.25, -0.2) is 4.79 Å². The Morgan fingerprint density at radius 2 is 1.52 bits per heavy atom. The fraction of sp³-hybridized carbons (Fsp3) is 0.423. The number of fused-ring (bicyclic) bond motifs is 1. The first-order valence-corrected chi connectivity index (χ1v) is 10.4. The van der Waals surface area contributed by atoms with Crippen LogP contribution in [0.4, 0.5) is 0 Å². The van der Waals surface area contributed by atoms with Gasteiger partial charge in [0, 0.05) is 5.56 Å². The van der Waals surface area contributed by atoms with Gasteiger partial charge in [-0.05, 0) is 71.6 Å². The summed E-state index contributed by atoms with van der Waals surface area (Å²) in [5, 5.41) is 0. The molecule has 0 atom stereocenters. The monoisotopic (exact) mass is 392 g/mol. The molecule has 3 rings (SSSR count). The highest BCUT2D eigenvalue weighted by Gasteiger charge is 2.37. The number of rotatable bonds is 5. The van der Waals surface area contributed by atoms with E-state index in [9.17, 15) is 4.79 Å². The Kier molecular flexibility index (Phi) is 5.88. The van der Waals surface area contributed by atoms with Gasteiger partial charge in [-0.15, -0.1) is 0 Å². The lowest BCUT2D eigenvalue weighted by atomic mass is 9.63. The maximum atomic E-state index is 11.7. The standard InChI is InChI=1S/C26H32O3/c1-7-29-23(16-18-8-10-19(11-9-18)24(27)28-6)20-12-13-21-22(17-20)26(4,5)15-14-25(21,2)3/h8-13,16-17H,7,14-15H2,1-6H3/b23-16+. The average Bonchev–Trinajstić information content (AvgIpc) is 2.71. The molecule has 154 valence electrons. The van der Waals surface area contributed by atoms with Crippen molar-refractivity contribution in [2.24, 2.45) is 0 Å². The molecule has 0 unspecified atom stereocenters. The molecule has 29 heavy (non-hydrogen) atoms. The molecule has 0 spiro atoms. The van der Waals surface area contributed by atoms with Crippen molar-refractivity contribution in [3.8, 4) is 0 Å². The first kappa shape index (κ1) is 21.2. The van der Waals surface area contributed by atoms with Gasteiger partial charge in [-0.3, -0.25) is 0 Å². The molecule has 0 heterocycles. The van der Waals surface area contributed by atoms with Crippen LogP contribution in [0.1, 0.15) is 80.1 Å². The zero-order valence-electron chi connectivity index (χ0n) is 18.5. The van der Waals surface area contributed by atoms with Gasteiger partial charge in [-0.1, -0.05) is 52.0 Å². The second-order valence-corrected chi connectivity index (χ2v) is 9.08. The second-order valence-electron chi connectivity index (χ2n) is 9.08. The van der Waals surface area contributed by atoms with Crippen molar-refractivity contribution in [3.63, 3.8) is 0 Å². The number of esters is 1. The van der Waals surface area contributed by atoms with E-state index in [0.717, 1.165) is 16.9 Å². The predicted molar refractivity (Wildman–Crippen MR) is 119 cm³/mol. The number of carbonyl (C=O) groups excluding carboxylic acids is 1. The van der Waals surface area contributed by atoms with Crippen molar-refractivity contribution in [2.75, 3.05) is 13.7 Å². The molecule has 1 aliphatic carbocycles. The summed E-state index contributed by atoms with van der Waals surface area (Å²) in [7, 11) is 1.39. The molecule has 0 radical (unpaired) electrons. The van der Waals surface area contributed by atoms with Gasteiger partial charge >= 0.3 is 5.97 Å². The molecular weight excluding hydrogens is 360 g/mol. The first-order chi connectivity index (χ1) is 13.7. The summed E-state index contributed by atoms with van der Waals surface area (Å²) in [5.74, 6) is 0.519. The molecule has 0 amide bonds. The van der Waals surface area contributed by atoms with E-state index in [1.807, 2.05) is 25.1 Å². The fourth-order valence-corrected chi connectivity index (χ4v) is 4.09. The third-order valence-electron chi connectivity index (χ3n) is 6.07. The summed E-state index contributed by atoms with van der Waals surface area (Å²) in [6.45, 7) is 11.9. The number of carbonyl (C=O) groups is 1. The largest absolute Gasteiger partial charge is 0.493 e. The zero-order valence-corrected chi connectivity index (χ0v) is 18.5. The minimum Gasteiger partial charge on any atom is -0.493 e. The third-order valence-corrected chi connectivity index (χ3v) is 6.07. The van der Waals surface area contributed by atoms with Crippen LogP contribution < -0.4 is 0 Å². The van der Waals surface area contributed by atoms with Crippen molar-refractivity contribution >= 4 is 17.8 Å². The maximum absolute atomic E-state index is 11.7. The van der Waals surface area contributed by atoms with Crippen molar-refractivity contribution in [3.05, 3.63) is 70.3 Å². The summed E-state index contributed by atoms with van der Waals surface area (Å²) in [5.41, 5.74) is 5.82. The van der Waals surface area contributed by atoms with E-state index in [4.69, 9.17) is 9.47 Å². The summed E-state index contributed by atoms with van der Waals surface area (Å²) >= 11 is 0. The number of benzene rings is 2.